The Balaban J connectivity index is 1.95. The van der Waals surface area contributed by atoms with Gasteiger partial charge in [-0.05, 0) is 30.2 Å². The number of H-pyrrole nitrogens is 1. The molecule has 3 aromatic rings. The van der Waals surface area contributed by atoms with Gasteiger partial charge in [0.05, 0.1) is 0 Å². The summed E-state index contributed by atoms with van der Waals surface area (Å²) in [7, 11) is 0. The van der Waals surface area contributed by atoms with Crippen LogP contribution in [0, 0.1) is 6.92 Å². The highest BCUT2D eigenvalue weighted by atomic mass is 35.5. The summed E-state index contributed by atoms with van der Waals surface area (Å²) in [4.78, 5) is 15.6. The van der Waals surface area contributed by atoms with E-state index in [1.165, 1.54) is 0 Å². The number of aryl methyl sites for hydroxylation is 1. The third-order valence-electron chi connectivity index (χ3n) is 3.56. The summed E-state index contributed by atoms with van der Waals surface area (Å²) in [6.07, 6.45) is 2.18. The maximum Gasteiger partial charge on any atom is 0.169 e. The minimum absolute atomic E-state index is 0.118. The number of aromatic nitrogens is 1. The molecule has 1 heterocycles. The molecule has 0 unspecified atom stereocenters. The summed E-state index contributed by atoms with van der Waals surface area (Å²) in [5.74, 6) is 0.118. The fourth-order valence-corrected chi connectivity index (χ4v) is 2.58. The highest BCUT2D eigenvalue weighted by molar-refractivity contribution is 6.31. The first kappa shape index (κ1) is 12.9. The van der Waals surface area contributed by atoms with Crippen molar-refractivity contribution in [3.05, 3.63) is 70.4 Å². The molecule has 20 heavy (non-hydrogen) atoms. The summed E-state index contributed by atoms with van der Waals surface area (Å²) in [6.45, 7) is 2.03. The van der Waals surface area contributed by atoms with Crippen LogP contribution in [0.2, 0.25) is 5.02 Å². The second-order valence-corrected chi connectivity index (χ2v) is 5.36. The van der Waals surface area contributed by atoms with Gasteiger partial charge in [-0.25, -0.2) is 0 Å². The van der Waals surface area contributed by atoms with Crippen molar-refractivity contribution in [3.63, 3.8) is 0 Å². The van der Waals surface area contributed by atoms with E-state index >= 15 is 0 Å². The molecule has 3 heteroatoms. The number of Topliss-reactive ketones (excluding diaryl/α,β-unsaturated/α-hetero) is 1. The van der Waals surface area contributed by atoms with Crippen LogP contribution in [0.3, 0.4) is 0 Å². The zero-order chi connectivity index (χ0) is 14.1. The molecular weight excluding hydrogens is 270 g/mol. The molecule has 1 N–H and O–H groups in total. The van der Waals surface area contributed by atoms with Crippen LogP contribution in [0.4, 0.5) is 0 Å². The third kappa shape index (κ3) is 2.35. The van der Waals surface area contributed by atoms with E-state index in [0.717, 1.165) is 27.6 Å². The number of hydrogen-bond acceptors (Lipinski definition) is 1. The summed E-state index contributed by atoms with van der Waals surface area (Å²) in [6, 6.07) is 13.5. The van der Waals surface area contributed by atoms with Crippen LogP contribution in [0.25, 0.3) is 10.9 Å². The van der Waals surface area contributed by atoms with Crippen molar-refractivity contribution >= 4 is 28.3 Å². The standard InChI is InChI=1S/C17H14ClNO/c1-11-4-2-3-5-12(11)8-17(20)15-10-19-16-9-13(18)6-7-14(15)16/h2-7,9-10,19H,8H2,1H3. The van der Waals surface area contributed by atoms with Gasteiger partial charge in [-0.2, -0.15) is 0 Å². The zero-order valence-electron chi connectivity index (χ0n) is 11.1. The van der Waals surface area contributed by atoms with Gasteiger partial charge in [-0.15, -0.1) is 0 Å². The average molecular weight is 284 g/mol. The van der Waals surface area contributed by atoms with Crippen molar-refractivity contribution in [2.45, 2.75) is 13.3 Å². The van der Waals surface area contributed by atoms with Gasteiger partial charge in [0.25, 0.3) is 0 Å². The summed E-state index contributed by atoms with van der Waals surface area (Å²) >= 11 is 5.95. The molecule has 100 valence electrons. The monoisotopic (exact) mass is 283 g/mol. The maximum atomic E-state index is 12.5. The van der Waals surface area contributed by atoms with Crippen molar-refractivity contribution < 1.29 is 4.79 Å². The minimum Gasteiger partial charge on any atom is -0.360 e. The van der Waals surface area contributed by atoms with E-state index in [4.69, 9.17) is 11.6 Å². The molecule has 0 saturated heterocycles. The molecule has 0 radical (unpaired) electrons. The van der Waals surface area contributed by atoms with Crippen LogP contribution < -0.4 is 0 Å². The second-order valence-electron chi connectivity index (χ2n) is 4.92. The van der Waals surface area contributed by atoms with Crippen molar-refractivity contribution in [1.82, 2.24) is 4.98 Å². The molecule has 0 aliphatic rings. The number of rotatable bonds is 3. The van der Waals surface area contributed by atoms with Crippen molar-refractivity contribution in [1.29, 1.82) is 0 Å². The molecule has 0 saturated carbocycles. The van der Waals surface area contributed by atoms with E-state index in [-0.39, 0.29) is 5.78 Å². The highest BCUT2D eigenvalue weighted by Crippen LogP contribution is 2.23. The zero-order valence-corrected chi connectivity index (χ0v) is 11.9. The number of carbonyl (C=O) groups excluding carboxylic acids is 1. The lowest BCUT2D eigenvalue weighted by atomic mass is 9.99. The quantitative estimate of drug-likeness (QED) is 0.703. The van der Waals surface area contributed by atoms with Crippen LogP contribution in [0.5, 0.6) is 0 Å². The van der Waals surface area contributed by atoms with E-state index in [0.29, 0.717) is 11.4 Å². The predicted molar refractivity (Wildman–Crippen MR) is 82.5 cm³/mol. The highest BCUT2D eigenvalue weighted by Gasteiger charge is 2.13. The number of carbonyl (C=O) groups is 1. The molecule has 2 nitrogen and oxygen atoms in total. The Morgan fingerprint density at radius 3 is 2.80 bits per heavy atom. The van der Waals surface area contributed by atoms with Crippen LogP contribution in [-0.2, 0) is 6.42 Å². The normalized spacial score (nSPS) is 10.9. The summed E-state index contributed by atoms with van der Waals surface area (Å²) < 4.78 is 0. The SMILES string of the molecule is Cc1ccccc1CC(=O)c1c[nH]c2cc(Cl)ccc12. The first-order chi connectivity index (χ1) is 9.65. The van der Waals surface area contributed by atoms with Crippen LogP contribution in [0.15, 0.2) is 48.7 Å². The average Bonchev–Trinajstić information content (AvgIpc) is 2.84. The Morgan fingerprint density at radius 2 is 2.00 bits per heavy atom. The minimum atomic E-state index is 0.118. The molecule has 0 spiro atoms. The lowest BCUT2D eigenvalue weighted by molar-refractivity contribution is 0.0994. The largest absolute Gasteiger partial charge is 0.360 e. The van der Waals surface area contributed by atoms with Crippen LogP contribution >= 0.6 is 11.6 Å². The third-order valence-corrected chi connectivity index (χ3v) is 3.79. The number of halogens is 1. The van der Waals surface area contributed by atoms with Gasteiger partial charge in [0.15, 0.2) is 5.78 Å². The van der Waals surface area contributed by atoms with Crippen molar-refractivity contribution in [2.24, 2.45) is 0 Å². The fraction of sp³-hybridized carbons (Fsp3) is 0.118. The van der Waals surface area contributed by atoms with E-state index in [9.17, 15) is 4.79 Å². The van der Waals surface area contributed by atoms with E-state index in [1.807, 2.05) is 49.4 Å². The molecular formula is C17H14ClNO. The number of hydrogen-bond donors (Lipinski definition) is 1. The second kappa shape index (κ2) is 5.14. The van der Waals surface area contributed by atoms with Gasteiger partial charge in [0, 0.05) is 34.1 Å². The molecule has 0 aliphatic carbocycles. The maximum absolute atomic E-state index is 12.5. The lowest BCUT2D eigenvalue weighted by Gasteiger charge is -2.04. The molecule has 2 aromatic carbocycles. The van der Waals surface area contributed by atoms with Gasteiger partial charge in [-0.3, -0.25) is 4.79 Å². The van der Waals surface area contributed by atoms with Gasteiger partial charge >= 0.3 is 0 Å². The fourth-order valence-electron chi connectivity index (χ4n) is 2.41. The topological polar surface area (TPSA) is 32.9 Å². The Kier molecular flexibility index (Phi) is 3.33. The first-order valence-electron chi connectivity index (χ1n) is 6.49. The first-order valence-corrected chi connectivity index (χ1v) is 6.87. The molecule has 0 atom stereocenters. The van der Waals surface area contributed by atoms with Gasteiger partial charge in [0.2, 0.25) is 0 Å². The number of nitrogens with one attached hydrogen (secondary N) is 1. The van der Waals surface area contributed by atoms with E-state index in [2.05, 4.69) is 4.98 Å². The molecule has 0 fully saturated rings. The number of fused-ring (bicyclic) bond motifs is 1. The van der Waals surface area contributed by atoms with Crippen molar-refractivity contribution in [3.8, 4) is 0 Å². The molecule has 0 bridgehead atoms. The number of ketones is 1. The predicted octanol–water partition coefficient (Wildman–Crippen LogP) is 4.56. The Bertz CT molecular complexity index is 789. The van der Waals surface area contributed by atoms with Crippen LogP contribution in [-0.4, -0.2) is 10.8 Å². The molecule has 0 aliphatic heterocycles. The summed E-state index contributed by atoms with van der Waals surface area (Å²) in [5, 5.41) is 1.59. The lowest BCUT2D eigenvalue weighted by Crippen LogP contribution is -2.04. The summed E-state index contributed by atoms with van der Waals surface area (Å²) in [5.41, 5.74) is 3.83. The van der Waals surface area contributed by atoms with Gasteiger partial charge in [0.1, 0.15) is 0 Å². The smallest absolute Gasteiger partial charge is 0.169 e. The molecule has 3 rings (SSSR count). The van der Waals surface area contributed by atoms with Gasteiger partial charge in [-0.1, -0.05) is 41.9 Å². The van der Waals surface area contributed by atoms with Crippen molar-refractivity contribution in [2.75, 3.05) is 0 Å². The van der Waals surface area contributed by atoms with Crippen LogP contribution in [0.1, 0.15) is 21.5 Å². The Labute approximate surface area is 122 Å². The van der Waals surface area contributed by atoms with E-state index < -0.39 is 0 Å². The van der Waals surface area contributed by atoms with Gasteiger partial charge < -0.3 is 4.98 Å². The Hall–Kier alpha value is -2.06. The Morgan fingerprint density at radius 1 is 1.20 bits per heavy atom. The number of benzene rings is 2. The van der Waals surface area contributed by atoms with E-state index in [1.54, 1.807) is 6.20 Å². The molecule has 0 amide bonds. The number of aromatic amines is 1. The molecule has 1 aromatic heterocycles.